The van der Waals surface area contributed by atoms with Crippen LogP contribution in [-0.2, 0) is 15.1 Å². The van der Waals surface area contributed by atoms with Crippen molar-refractivity contribution >= 4 is 44.3 Å². The highest BCUT2D eigenvalue weighted by Gasteiger charge is 2.70. The predicted molar refractivity (Wildman–Crippen MR) is 143 cm³/mol. The highest BCUT2D eigenvalue weighted by Crippen LogP contribution is 2.56. The molecule has 1 spiro atoms. The second kappa shape index (κ2) is 7.69. The highest BCUT2D eigenvalue weighted by molar-refractivity contribution is 9.10. The fourth-order valence-corrected chi connectivity index (χ4v) is 6.98. The molecule has 0 radical (unpaired) electrons. The zero-order valence-corrected chi connectivity index (χ0v) is 21.8. The lowest BCUT2D eigenvalue weighted by Gasteiger charge is -2.32. The van der Waals surface area contributed by atoms with Gasteiger partial charge in [-0.1, -0.05) is 66.2 Å². The normalized spacial score (nSPS) is 25.8. The van der Waals surface area contributed by atoms with E-state index in [0.717, 1.165) is 10.0 Å². The zero-order chi connectivity index (χ0) is 25.6. The lowest BCUT2D eigenvalue weighted by Crippen LogP contribution is -2.51. The van der Waals surface area contributed by atoms with E-state index in [-0.39, 0.29) is 29.3 Å². The van der Waals surface area contributed by atoms with Crippen LogP contribution in [0.2, 0.25) is 0 Å². The Labute approximate surface area is 221 Å². The standard InChI is InChI=1S/C29H23BrN4O3/c1-15(2)24-22-23(27(37)33(26(22)36)17-9-7-8-16(30)14-17)29(32-24)19-11-4-6-13-21(19)34-25(35)18-10-3-5-12-20(18)31-28(29)34/h3-15,22-24,32H,1-2H3/t22-,23-,24+,29-/m1/s1. The van der Waals surface area contributed by atoms with Gasteiger partial charge >= 0.3 is 0 Å². The molecule has 0 aliphatic carbocycles. The first-order chi connectivity index (χ1) is 17.8. The maximum Gasteiger partial charge on any atom is 0.266 e. The number of rotatable bonds is 2. The second-order valence-corrected chi connectivity index (χ2v) is 11.2. The Balaban J connectivity index is 1.54. The van der Waals surface area contributed by atoms with Crippen LogP contribution in [-0.4, -0.2) is 27.4 Å². The number of carbonyl (C=O) groups is 2. The molecule has 2 saturated heterocycles. The van der Waals surface area contributed by atoms with Gasteiger partial charge in [0.25, 0.3) is 5.56 Å². The van der Waals surface area contributed by atoms with E-state index in [1.54, 1.807) is 22.8 Å². The number of hydrogen-bond donors (Lipinski definition) is 1. The Morgan fingerprint density at radius 3 is 2.49 bits per heavy atom. The Bertz CT molecular complexity index is 1710. The van der Waals surface area contributed by atoms with Crippen molar-refractivity contribution in [2.45, 2.75) is 25.4 Å². The van der Waals surface area contributed by atoms with Crippen LogP contribution in [0.1, 0.15) is 25.2 Å². The number of aromatic nitrogens is 2. The van der Waals surface area contributed by atoms with Crippen LogP contribution in [0.25, 0.3) is 16.6 Å². The third-order valence-electron chi connectivity index (χ3n) is 8.08. The van der Waals surface area contributed by atoms with Gasteiger partial charge in [-0.3, -0.25) is 24.3 Å². The summed E-state index contributed by atoms with van der Waals surface area (Å²) in [4.78, 5) is 48.5. The number of nitrogens with zero attached hydrogens (tertiary/aromatic N) is 3. The number of amides is 2. The minimum atomic E-state index is -1.12. The van der Waals surface area contributed by atoms with Crippen LogP contribution in [0.5, 0.6) is 0 Å². The average Bonchev–Trinajstić information content (AvgIpc) is 3.48. The number of benzene rings is 3. The van der Waals surface area contributed by atoms with Gasteiger partial charge in [-0.15, -0.1) is 0 Å². The smallest absolute Gasteiger partial charge is 0.266 e. The summed E-state index contributed by atoms with van der Waals surface area (Å²) in [6.45, 7) is 4.10. The summed E-state index contributed by atoms with van der Waals surface area (Å²) >= 11 is 3.47. The van der Waals surface area contributed by atoms with E-state index in [1.807, 2.05) is 54.6 Å². The molecule has 4 aromatic rings. The van der Waals surface area contributed by atoms with E-state index >= 15 is 0 Å². The summed E-state index contributed by atoms with van der Waals surface area (Å²) in [5.74, 6) is -1.35. The third-order valence-corrected chi connectivity index (χ3v) is 8.57. The average molecular weight is 555 g/mol. The summed E-state index contributed by atoms with van der Waals surface area (Å²) in [5, 5.41) is 4.23. The van der Waals surface area contributed by atoms with Crippen LogP contribution in [0.15, 0.2) is 82.1 Å². The third kappa shape index (κ3) is 2.80. The van der Waals surface area contributed by atoms with Gasteiger partial charge in [0.1, 0.15) is 11.4 Å². The molecule has 8 heteroatoms. The van der Waals surface area contributed by atoms with Crippen molar-refractivity contribution < 1.29 is 9.59 Å². The summed E-state index contributed by atoms with van der Waals surface area (Å²) in [5.41, 5.74) is 1.29. The van der Waals surface area contributed by atoms with Crippen molar-refractivity contribution in [1.82, 2.24) is 14.9 Å². The van der Waals surface area contributed by atoms with Crippen LogP contribution in [0.4, 0.5) is 5.69 Å². The van der Waals surface area contributed by atoms with Crippen molar-refractivity contribution in [3.8, 4) is 5.69 Å². The minimum absolute atomic E-state index is 0.0551. The molecule has 7 rings (SSSR count). The Hall–Kier alpha value is -3.62. The SMILES string of the molecule is CC(C)[C@@H]1N[C@]2(c3ccccc3-n3c2nc2ccccc2c3=O)[C@H]2C(=O)N(c3cccc(Br)c3)C(=O)[C@@H]12. The van der Waals surface area contributed by atoms with Gasteiger partial charge in [0.2, 0.25) is 11.8 Å². The maximum atomic E-state index is 14.3. The van der Waals surface area contributed by atoms with Gasteiger partial charge in [-0.25, -0.2) is 9.88 Å². The topological polar surface area (TPSA) is 84.3 Å². The van der Waals surface area contributed by atoms with E-state index in [2.05, 4.69) is 35.1 Å². The van der Waals surface area contributed by atoms with E-state index in [4.69, 9.17) is 4.98 Å². The molecular formula is C29H23BrN4O3. The van der Waals surface area contributed by atoms with Gasteiger partial charge in [-0.05, 0) is 42.3 Å². The maximum absolute atomic E-state index is 14.3. The number of para-hydroxylation sites is 2. The van der Waals surface area contributed by atoms with Crippen LogP contribution < -0.4 is 15.8 Å². The molecule has 2 fully saturated rings. The number of imide groups is 1. The van der Waals surface area contributed by atoms with Gasteiger partial charge in [0.15, 0.2) is 0 Å². The van der Waals surface area contributed by atoms with Crippen LogP contribution >= 0.6 is 15.9 Å². The number of anilines is 1. The van der Waals surface area contributed by atoms with Crippen LogP contribution in [0.3, 0.4) is 0 Å². The molecular weight excluding hydrogens is 532 g/mol. The molecule has 7 nitrogen and oxygen atoms in total. The molecule has 4 heterocycles. The molecule has 3 aliphatic heterocycles. The van der Waals surface area contributed by atoms with E-state index in [0.29, 0.717) is 28.1 Å². The Morgan fingerprint density at radius 2 is 1.70 bits per heavy atom. The van der Waals surface area contributed by atoms with Crippen molar-refractivity contribution in [1.29, 1.82) is 0 Å². The molecule has 0 bridgehead atoms. The number of halogens is 1. The second-order valence-electron chi connectivity index (χ2n) is 10.3. The highest BCUT2D eigenvalue weighted by atomic mass is 79.9. The van der Waals surface area contributed by atoms with Gasteiger partial charge in [-0.2, -0.15) is 0 Å². The number of nitrogens with one attached hydrogen (secondary N) is 1. The van der Waals surface area contributed by atoms with Crippen molar-refractivity contribution in [2.24, 2.45) is 17.8 Å². The first kappa shape index (κ1) is 22.6. The molecule has 2 amide bonds. The first-order valence-corrected chi connectivity index (χ1v) is 13.2. The monoisotopic (exact) mass is 554 g/mol. The van der Waals surface area contributed by atoms with Crippen molar-refractivity contribution in [3.63, 3.8) is 0 Å². The Kier molecular flexibility index (Phi) is 4.69. The van der Waals surface area contributed by atoms with Gasteiger partial charge in [0.05, 0.1) is 34.1 Å². The van der Waals surface area contributed by atoms with E-state index < -0.39 is 17.4 Å². The molecule has 4 atom stereocenters. The largest absolute Gasteiger partial charge is 0.296 e. The Morgan fingerprint density at radius 1 is 0.946 bits per heavy atom. The summed E-state index contributed by atoms with van der Waals surface area (Å²) in [6.07, 6.45) is 0. The zero-order valence-electron chi connectivity index (χ0n) is 20.2. The molecule has 37 heavy (non-hydrogen) atoms. The number of fused-ring (bicyclic) bond motifs is 8. The minimum Gasteiger partial charge on any atom is -0.296 e. The summed E-state index contributed by atoms with van der Waals surface area (Å²) in [6, 6.07) is 21.8. The fourth-order valence-electron chi connectivity index (χ4n) is 6.59. The fraction of sp³-hybridized carbons (Fsp3) is 0.241. The van der Waals surface area contributed by atoms with Gasteiger partial charge < -0.3 is 0 Å². The molecule has 3 aromatic carbocycles. The molecule has 1 N–H and O–H groups in total. The summed E-state index contributed by atoms with van der Waals surface area (Å²) in [7, 11) is 0. The van der Waals surface area contributed by atoms with Gasteiger partial charge in [0, 0.05) is 16.1 Å². The van der Waals surface area contributed by atoms with Crippen molar-refractivity contribution in [3.05, 3.63) is 99.0 Å². The van der Waals surface area contributed by atoms with Crippen molar-refractivity contribution in [2.75, 3.05) is 4.90 Å². The predicted octanol–water partition coefficient (Wildman–Crippen LogP) is 4.14. The van der Waals surface area contributed by atoms with E-state index in [9.17, 15) is 14.4 Å². The molecule has 3 aliphatic rings. The lowest BCUT2D eigenvalue weighted by atomic mass is 9.75. The summed E-state index contributed by atoms with van der Waals surface area (Å²) < 4.78 is 2.41. The molecule has 184 valence electrons. The van der Waals surface area contributed by atoms with Crippen LogP contribution in [0, 0.1) is 17.8 Å². The number of carbonyl (C=O) groups excluding carboxylic acids is 2. The molecule has 1 aromatic heterocycles. The van der Waals surface area contributed by atoms with E-state index in [1.165, 1.54) is 4.90 Å². The lowest BCUT2D eigenvalue weighted by molar-refractivity contribution is -0.123. The molecule has 0 unspecified atom stereocenters. The first-order valence-electron chi connectivity index (χ1n) is 12.4. The molecule has 0 saturated carbocycles. The quantitative estimate of drug-likeness (QED) is 0.376. The number of hydrogen-bond acceptors (Lipinski definition) is 5.